The summed E-state index contributed by atoms with van der Waals surface area (Å²) in [7, 11) is 0. The standard InChI is InChI=1S/C21H18FN5O2S/c22-16-5-3-13(4-6-16)17-10-18(24-23-17)21(28)27-8-1-2-14(11-27)19-25-26-20(29-19)15-7-9-30-12-15/h3-7,9-10,12,14H,1-2,8,11H2,(H,23,24). The van der Waals surface area contributed by atoms with Crippen LogP contribution in [0.15, 0.2) is 51.6 Å². The Balaban J connectivity index is 1.30. The Morgan fingerprint density at radius 2 is 2.07 bits per heavy atom. The number of carbonyl (C=O) groups excluding carboxylic acids is 1. The molecule has 1 saturated heterocycles. The fourth-order valence-corrected chi connectivity index (χ4v) is 4.27. The first kappa shape index (κ1) is 18.7. The molecule has 1 atom stereocenters. The largest absolute Gasteiger partial charge is 0.420 e. The van der Waals surface area contributed by atoms with Gasteiger partial charge in [0.05, 0.1) is 11.6 Å². The Labute approximate surface area is 175 Å². The summed E-state index contributed by atoms with van der Waals surface area (Å²) in [5.41, 5.74) is 2.66. The van der Waals surface area contributed by atoms with Crippen molar-refractivity contribution < 1.29 is 13.6 Å². The molecule has 1 amide bonds. The summed E-state index contributed by atoms with van der Waals surface area (Å²) in [6, 6.07) is 9.65. The molecule has 0 radical (unpaired) electrons. The third-order valence-electron chi connectivity index (χ3n) is 5.21. The molecule has 4 aromatic rings. The minimum atomic E-state index is -0.312. The van der Waals surface area contributed by atoms with Gasteiger partial charge in [-0.15, -0.1) is 10.2 Å². The van der Waals surface area contributed by atoms with Crippen LogP contribution >= 0.6 is 11.3 Å². The number of H-pyrrole nitrogens is 1. The summed E-state index contributed by atoms with van der Waals surface area (Å²) in [5, 5.41) is 19.3. The molecule has 7 nitrogen and oxygen atoms in total. The number of nitrogens with zero attached hydrogens (tertiary/aromatic N) is 4. The van der Waals surface area contributed by atoms with Gasteiger partial charge in [-0.2, -0.15) is 16.4 Å². The predicted molar refractivity (Wildman–Crippen MR) is 109 cm³/mol. The van der Waals surface area contributed by atoms with Crippen molar-refractivity contribution in [3.8, 4) is 22.7 Å². The van der Waals surface area contributed by atoms with E-state index in [-0.39, 0.29) is 17.6 Å². The molecule has 0 spiro atoms. The second kappa shape index (κ2) is 7.83. The molecule has 152 valence electrons. The number of piperidine rings is 1. The van der Waals surface area contributed by atoms with Crippen molar-refractivity contribution in [3.63, 3.8) is 0 Å². The van der Waals surface area contributed by atoms with E-state index in [1.165, 1.54) is 12.1 Å². The number of rotatable bonds is 4. The van der Waals surface area contributed by atoms with Crippen LogP contribution in [0.3, 0.4) is 0 Å². The predicted octanol–water partition coefficient (Wildman–Crippen LogP) is 4.35. The first-order valence-corrected chi connectivity index (χ1v) is 10.6. The van der Waals surface area contributed by atoms with Crippen molar-refractivity contribution in [3.05, 3.63) is 64.6 Å². The lowest BCUT2D eigenvalue weighted by atomic mass is 9.97. The van der Waals surface area contributed by atoms with Gasteiger partial charge in [0.2, 0.25) is 11.8 Å². The van der Waals surface area contributed by atoms with Gasteiger partial charge in [-0.3, -0.25) is 9.89 Å². The van der Waals surface area contributed by atoms with Gasteiger partial charge in [-0.1, -0.05) is 0 Å². The van der Waals surface area contributed by atoms with Gasteiger partial charge in [-0.05, 0) is 54.6 Å². The maximum absolute atomic E-state index is 13.1. The number of likely N-dealkylation sites (tertiary alicyclic amines) is 1. The lowest BCUT2D eigenvalue weighted by Gasteiger charge is -2.30. The van der Waals surface area contributed by atoms with Crippen LogP contribution < -0.4 is 0 Å². The van der Waals surface area contributed by atoms with E-state index in [0.717, 1.165) is 24.0 Å². The number of aromatic nitrogens is 4. The quantitative estimate of drug-likeness (QED) is 0.527. The molecule has 3 aromatic heterocycles. The van der Waals surface area contributed by atoms with Crippen molar-refractivity contribution in [2.24, 2.45) is 0 Å². The van der Waals surface area contributed by atoms with Crippen molar-refractivity contribution in [2.45, 2.75) is 18.8 Å². The molecule has 30 heavy (non-hydrogen) atoms. The molecule has 0 aliphatic carbocycles. The third kappa shape index (κ3) is 3.63. The van der Waals surface area contributed by atoms with Crippen molar-refractivity contribution in [2.75, 3.05) is 13.1 Å². The first-order chi connectivity index (χ1) is 14.7. The van der Waals surface area contributed by atoms with Crippen LogP contribution in [0.25, 0.3) is 22.7 Å². The number of carbonyl (C=O) groups is 1. The molecule has 1 fully saturated rings. The van der Waals surface area contributed by atoms with E-state index in [1.807, 2.05) is 16.8 Å². The molecular weight excluding hydrogens is 405 g/mol. The van der Waals surface area contributed by atoms with E-state index >= 15 is 0 Å². The van der Waals surface area contributed by atoms with Crippen LogP contribution in [0, 0.1) is 5.82 Å². The topological polar surface area (TPSA) is 87.9 Å². The number of amides is 1. The highest BCUT2D eigenvalue weighted by Gasteiger charge is 2.30. The first-order valence-electron chi connectivity index (χ1n) is 9.64. The second-order valence-corrected chi connectivity index (χ2v) is 8.00. The number of benzene rings is 1. The summed E-state index contributed by atoms with van der Waals surface area (Å²) in [6.45, 7) is 1.17. The summed E-state index contributed by atoms with van der Waals surface area (Å²) in [5.74, 6) is 0.630. The van der Waals surface area contributed by atoms with E-state index in [1.54, 1.807) is 34.4 Å². The Hall–Kier alpha value is -3.33. The van der Waals surface area contributed by atoms with E-state index in [2.05, 4.69) is 20.4 Å². The number of aromatic amines is 1. The molecule has 1 aliphatic heterocycles. The molecule has 1 N–H and O–H groups in total. The maximum Gasteiger partial charge on any atom is 0.271 e. The number of thiophene rings is 1. The van der Waals surface area contributed by atoms with Crippen LogP contribution in [0.2, 0.25) is 0 Å². The SMILES string of the molecule is O=C(c1cc(-c2ccc(F)cc2)n[nH]1)N1CCCC(c2nnc(-c3ccsc3)o2)C1. The molecule has 0 bridgehead atoms. The molecule has 0 saturated carbocycles. The van der Waals surface area contributed by atoms with Crippen LogP contribution in [0.4, 0.5) is 4.39 Å². The molecule has 1 aliphatic rings. The monoisotopic (exact) mass is 423 g/mol. The molecular formula is C21H18FN5O2S. The summed E-state index contributed by atoms with van der Waals surface area (Å²) >= 11 is 1.57. The summed E-state index contributed by atoms with van der Waals surface area (Å²) < 4.78 is 19.0. The molecule has 9 heteroatoms. The number of halogens is 1. The Kier molecular flexibility index (Phi) is 4.88. The van der Waals surface area contributed by atoms with Crippen LogP contribution in [0.1, 0.15) is 35.1 Å². The number of hydrogen-bond donors (Lipinski definition) is 1. The van der Waals surface area contributed by atoms with Crippen molar-refractivity contribution in [1.82, 2.24) is 25.3 Å². The van der Waals surface area contributed by atoms with Gasteiger partial charge in [0.25, 0.3) is 5.91 Å². The number of nitrogens with one attached hydrogen (secondary N) is 1. The zero-order valence-electron chi connectivity index (χ0n) is 15.9. The van der Waals surface area contributed by atoms with Gasteiger partial charge < -0.3 is 9.32 Å². The Morgan fingerprint density at radius 1 is 1.20 bits per heavy atom. The highest BCUT2D eigenvalue weighted by molar-refractivity contribution is 7.08. The minimum Gasteiger partial charge on any atom is -0.420 e. The van der Waals surface area contributed by atoms with Crippen LogP contribution in [0.5, 0.6) is 0 Å². The lowest BCUT2D eigenvalue weighted by molar-refractivity contribution is 0.0692. The van der Waals surface area contributed by atoms with Gasteiger partial charge in [0.1, 0.15) is 11.5 Å². The van der Waals surface area contributed by atoms with E-state index in [4.69, 9.17) is 4.42 Å². The van der Waals surface area contributed by atoms with Gasteiger partial charge in [-0.25, -0.2) is 4.39 Å². The average molecular weight is 423 g/mol. The van der Waals surface area contributed by atoms with Gasteiger partial charge in [0, 0.05) is 29.6 Å². The molecule has 4 heterocycles. The van der Waals surface area contributed by atoms with E-state index in [0.29, 0.717) is 36.3 Å². The molecule has 1 unspecified atom stereocenters. The Bertz CT molecular complexity index is 1150. The minimum absolute atomic E-state index is 0.00192. The van der Waals surface area contributed by atoms with E-state index < -0.39 is 0 Å². The third-order valence-corrected chi connectivity index (χ3v) is 5.90. The molecule has 5 rings (SSSR count). The van der Waals surface area contributed by atoms with Crippen LogP contribution in [-0.4, -0.2) is 44.3 Å². The summed E-state index contributed by atoms with van der Waals surface area (Å²) in [4.78, 5) is 14.8. The average Bonchev–Trinajstić information content (AvgIpc) is 3.55. The fourth-order valence-electron chi connectivity index (χ4n) is 3.64. The van der Waals surface area contributed by atoms with Gasteiger partial charge in [0.15, 0.2) is 0 Å². The van der Waals surface area contributed by atoms with Gasteiger partial charge >= 0.3 is 0 Å². The normalized spacial score (nSPS) is 16.7. The molecule has 1 aromatic carbocycles. The van der Waals surface area contributed by atoms with Crippen LogP contribution in [-0.2, 0) is 0 Å². The van der Waals surface area contributed by atoms with E-state index in [9.17, 15) is 9.18 Å². The fraction of sp³-hybridized carbons (Fsp3) is 0.238. The van der Waals surface area contributed by atoms with Crippen molar-refractivity contribution >= 4 is 17.2 Å². The zero-order chi connectivity index (χ0) is 20.5. The second-order valence-electron chi connectivity index (χ2n) is 7.22. The highest BCUT2D eigenvalue weighted by atomic mass is 32.1. The highest BCUT2D eigenvalue weighted by Crippen LogP contribution is 2.30. The maximum atomic E-state index is 13.1. The Morgan fingerprint density at radius 3 is 2.87 bits per heavy atom. The lowest BCUT2D eigenvalue weighted by Crippen LogP contribution is -2.39. The summed E-state index contributed by atoms with van der Waals surface area (Å²) in [6.07, 6.45) is 1.74. The smallest absolute Gasteiger partial charge is 0.271 e. The number of hydrogen-bond acceptors (Lipinski definition) is 6. The van der Waals surface area contributed by atoms with Crippen molar-refractivity contribution in [1.29, 1.82) is 0 Å². The zero-order valence-corrected chi connectivity index (χ0v) is 16.7.